The van der Waals surface area contributed by atoms with Crippen molar-refractivity contribution in [3.05, 3.63) is 20.8 Å². The van der Waals surface area contributed by atoms with Crippen LogP contribution in [0.2, 0.25) is 0 Å². The van der Waals surface area contributed by atoms with Crippen LogP contribution in [0.15, 0.2) is 15.9 Å². The minimum absolute atomic E-state index is 0.512. The summed E-state index contributed by atoms with van der Waals surface area (Å²) in [5.41, 5.74) is 5.87. The minimum Gasteiger partial charge on any atom is -0.330 e. The fourth-order valence-corrected chi connectivity index (χ4v) is 4.30. The first-order valence-corrected chi connectivity index (χ1v) is 7.04. The lowest BCUT2D eigenvalue weighted by Crippen LogP contribution is -2.38. The summed E-state index contributed by atoms with van der Waals surface area (Å²) in [4.78, 5) is 3.88. The number of nitrogens with two attached hydrogens (primary N) is 1. The molecule has 1 aromatic rings. The van der Waals surface area contributed by atoms with Gasteiger partial charge < -0.3 is 5.73 Å². The van der Waals surface area contributed by atoms with Crippen molar-refractivity contribution < 1.29 is 0 Å². The second kappa shape index (κ2) is 4.95. The second-order valence-electron chi connectivity index (χ2n) is 4.20. The molecule has 2 heterocycles. The SMILES string of the molecule is CN1CCCC(CN)C1c1sccc1Br. The zero-order valence-electron chi connectivity index (χ0n) is 8.95. The molecule has 2 nitrogen and oxygen atoms in total. The van der Waals surface area contributed by atoms with E-state index in [1.807, 2.05) is 11.3 Å². The fourth-order valence-electron chi connectivity index (χ4n) is 2.44. The molecule has 1 saturated heterocycles. The summed E-state index contributed by atoms with van der Waals surface area (Å²) >= 11 is 5.46. The molecule has 0 radical (unpaired) electrons. The normalized spacial score (nSPS) is 28.2. The van der Waals surface area contributed by atoms with E-state index in [9.17, 15) is 0 Å². The van der Waals surface area contributed by atoms with Crippen molar-refractivity contribution in [3.63, 3.8) is 0 Å². The fraction of sp³-hybridized carbons (Fsp3) is 0.636. The van der Waals surface area contributed by atoms with E-state index < -0.39 is 0 Å². The Morgan fingerprint density at radius 1 is 1.67 bits per heavy atom. The highest BCUT2D eigenvalue weighted by atomic mass is 79.9. The number of piperidine rings is 1. The molecular formula is C11H17BrN2S. The number of hydrogen-bond donors (Lipinski definition) is 1. The number of likely N-dealkylation sites (tertiary alicyclic amines) is 1. The van der Waals surface area contributed by atoms with Crippen LogP contribution >= 0.6 is 27.3 Å². The molecule has 2 rings (SSSR count). The topological polar surface area (TPSA) is 29.3 Å². The van der Waals surface area contributed by atoms with Gasteiger partial charge in [-0.05, 0) is 66.3 Å². The Bertz CT molecular complexity index is 326. The summed E-state index contributed by atoms with van der Waals surface area (Å²) in [6, 6.07) is 2.65. The van der Waals surface area contributed by atoms with Gasteiger partial charge in [-0.15, -0.1) is 11.3 Å². The molecular weight excluding hydrogens is 272 g/mol. The molecule has 1 aliphatic heterocycles. The highest BCUT2D eigenvalue weighted by Gasteiger charge is 2.31. The van der Waals surface area contributed by atoms with Gasteiger partial charge in [0.15, 0.2) is 0 Å². The van der Waals surface area contributed by atoms with Crippen LogP contribution in [0.3, 0.4) is 0 Å². The monoisotopic (exact) mass is 288 g/mol. The molecule has 4 heteroatoms. The quantitative estimate of drug-likeness (QED) is 0.907. The third-order valence-electron chi connectivity index (χ3n) is 3.22. The van der Waals surface area contributed by atoms with Gasteiger partial charge in [0.1, 0.15) is 0 Å². The molecule has 0 aromatic carbocycles. The number of nitrogens with zero attached hydrogens (tertiary/aromatic N) is 1. The minimum atomic E-state index is 0.512. The Kier molecular flexibility index (Phi) is 3.83. The molecule has 2 atom stereocenters. The predicted molar refractivity (Wildman–Crippen MR) is 69.2 cm³/mol. The molecule has 1 aliphatic rings. The van der Waals surface area contributed by atoms with Crippen molar-refractivity contribution >= 4 is 27.3 Å². The Balaban J connectivity index is 2.27. The van der Waals surface area contributed by atoms with E-state index in [0.717, 1.165) is 6.54 Å². The first kappa shape index (κ1) is 11.6. The lowest BCUT2D eigenvalue weighted by molar-refractivity contribution is 0.127. The highest BCUT2D eigenvalue weighted by Crippen LogP contribution is 2.40. The van der Waals surface area contributed by atoms with E-state index in [-0.39, 0.29) is 0 Å². The molecule has 15 heavy (non-hydrogen) atoms. The van der Waals surface area contributed by atoms with E-state index in [4.69, 9.17) is 5.73 Å². The van der Waals surface area contributed by atoms with E-state index >= 15 is 0 Å². The molecule has 2 N–H and O–H groups in total. The third-order valence-corrected chi connectivity index (χ3v) is 5.16. The van der Waals surface area contributed by atoms with Crippen molar-refractivity contribution in [1.29, 1.82) is 0 Å². The zero-order valence-corrected chi connectivity index (χ0v) is 11.4. The van der Waals surface area contributed by atoms with Gasteiger partial charge >= 0.3 is 0 Å². The van der Waals surface area contributed by atoms with Crippen molar-refractivity contribution in [2.45, 2.75) is 18.9 Å². The first-order valence-electron chi connectivity index (χ1n) is 5.37. The number of rotatable bonds is 2. The summed E-state index contributed by atoms with van der Waals surface area (Å²) in [6.45, 7) is 1.98. The van der Waals surface area contributed by atoms with Crippen LogP contribution in [0, 0.1) is 5.92 Å². The summed E-state index contributed by atoms with van der Waals surface area (Å²) in [5, 5.41) is 2.15. The van der Waals surface area contributed by atoms with Gasteiger partial charge in [0, 0.05) is 15.4 Å². The molecule has 0 bridgehead atoms. The Morgan fingerprint density at radius 2 is 2.47 bits per heavy atom. The van der Waals surface area contributed by atoms with Crippen LogP contribution in [-0.2, 0) is 0 Å². The number of thiophene rings is 1. The van der Waals surface area contributed by atoms with Gasteiger partial charge in [-0.1, -0.05) is 0 Å². The van der Waals surface area contributed by atoms with Crippen molar-refractivity contribution in [3.8, 4) is 0 Å². The maximum Gasteiger partial charge on any atom is 0.0489 e. The highest BCUT2D eigenvalue weighted by molar-refractivity contribution is 9.10. The van der Waals surface area contributed by atoms with E-state index in [1.54, 1.807) is 0 Å². The summed E-state index contributed by atoms with van der Waals surface area (Å²) in [5.74, 6) is 0.610. The van der Waals surface area contributed by atoms with E-state index in [0.29, 0.717) is 12.0 Å². The Hall–Kier alpha value is 0.100. The Labute approximate surface area is 104 Å². The first-order chi connectivity index (χ1) is 7.24. The molecule has 84 valence electrons. The average Bonchev–Trinajstić information content (AvgIpc) is 2.64. The molecule has 0 saturated carbocycles. The largest absolute Gasteiger partial charge is 0.330 e. The van der Waals surface area contributed by atoms with Crippen molar-refractivity contribution in [2.24, 2.45) is 11.7 Å². The van der Waals surface area contributed by atoms with Crippen LogP contribution < -0.4 is 5.73 Å². The molecule has 1 fully saturated rings. The lowest BCUT2D eigenvalue weighted by Gasteiger charge is -2.38. The van der Waals surface area contributed by atoms with Crippen LogP contribution in [0.4, 0.5) is 0 Å². The molecule has 0 amide bonds. The maximum atomic E-state index is 5.87. The van der Waals surface area contributed by atoms with Gasteiger partial charge in [-0.25, -0.2) is 0 Å². The molecule has 0 aliphatic carbocycles. The van der Waals surface area contributed by atoms with Crippen LogP contribution in [-0.4, -0.2) is 25.0 Å². The van der Waals surface area contributed by atoms with Crippen LogP contribution in [0.25, 0.3) is 0 Å². The second-order valence-corrected chi connectivity index (χ2v) is 6.00. The van der Waals surface area contributed by atoms with E-state index in [1.165, 1.54) is 28.7 Å². The zero-order chi connectivity index (χ0) is 10.8. The average molecular weight is 289 g/mol. The summed E-state index contributed by atoms with van der Waals surface area (Å²) in [7, 11) is 2.21. The summed E-state index contributed by atoms with van der Waals surface area (Å²) in [6.07, 6.45) is 2.54. The van der Waals surface area contributed by atoms with Crippen LogP contribution in [0.5, 0.6) is 0 Å². The van der Waals surface area contributed by atoms with Gasteiger partial charge in [0.05, 0.1) is 0 Å². The number of hydrogen-bond acceptors (Lipinski definition) is 3. The van der Waals surface area contributed by atoms with Gasteiger partial charge in [-0.3, -0.25) is 4.90 Å². The van der Waals surface area contributed by atoms with Gasteiger partial charge in [-0.2, -0.15) is 0 Å². The molecule has 2 unspecified atom stereocenters. The molecule has 0 spiro atoms. The third kappa shape index (κ3) is 2.28. The summed E-state index contributed by atoms with van der Waals surface area (Å²) < 4.78 is 1.24. The molecule has 1 aromatic heterocycles. The Morgan fingerprint density at radius 3 is 3.07 bits per heavy atom. The smallest absolute Gasteiger partial charge is 0.0489 e. The van der Waals surface area contributed by atoms with Crippen molar-refractivity contribution in [2.75, 3.05) is 20.1 Å². The van der Waals surface area contributed by atoms with Gasteiger partial charge in [0.2, 0.25) is 0 Å². The lowest BCUT2D eigenvalue weighted by atomic mass is 9.88. The predicted octanol–water partition coefficient (Wildman–Crippen LogP) is 2.85. The van der Waals surface area contributed by atoms with E-state index in [2.05, 4.69) is 39.3 Å². The standard InChI is InChI=1S/C11H17BrN2S/c1-14-5-2-3-8(7-13)10(14)11-9(12)4-6-15-11/h4,6,8,10H,2-3,5,7,13H2,1H3. The van der Waals surface area contributed by atoms with Gasteiger partial charge in [0.25, 0.3) is 0 Å². The maximum absolute atomic E-state index is 5.87. The van der Waals surface area contributed by atoms with Crippen LogP contribution in [0.1, 0.15) is 23.8 Å². The number of halogens is 1. The van der Waals surface area contributed by atoms with Crippen molar-refractivity contribution in [1.82, 2.24) is 4.90 Å².